The third-order valence-electron chi connectivity index (χ3n) is 1.48. The molecule has 4 N–H and O–H groups in total. The predicted molar refractivity (Wildman–Crippen MR) is 33.9 cm³/mol. The van der Waals surface area contributed by atoms with Gasteiger partial charge < -0.3 is 15.9 Å². The van der Waals surface area contributed by atoms with Crippen LogP contribution in [0.5, 0.6) is 0 Å². The fourth-order valence-electron chi connectivity index (χ4n) is 0.988. The number of nitrogens with two attached hydrogens (primary N) is 1. The first kappa shape index (κ1) is 7.24. The lowest BCUT2D eigenvalue weighted by Gasteiger charge is -2.02. The second-order valence-electron chi connectivity index (χ2n) is 2.31. The van der Waals surface area contributed by atoms with Crippen LogP contribution in [0.1, 0.15) is 6.42 Å². The van der Waals surface area contributed by atoms with Gasteiger partial charge in [0.05, 0.1) is 12.2 Å². The third kappa shape index (κ3) is 1.17. The predicted octanol–water partition coefficient (Wildman–Crippen LogP) is -1.48. The van der Waals surface area contributed by atoms with Gasteiger partial charge in [-0.2, -0.15) is 0 Å². The largest absolute Gasteiger partial charge is 0.389 e. The smallest absolute Gasteiger partial charge is 0.247 e. The molecule has 2 atom stereocenters. The summed E-state index contributed by atoms with van der Waals surface area (Å²) >= 11 is 0. The first-order valence-corrected chi connectivity index (χ1v) is 2.99. The Balaban J connectivity index is 2.75. The van der Waals surface area contributed by atoms with Crippen LogP contribution in [0.4, 0.5) is 0 Å². The Bertz CT molecular complexity index is 187. The van der Waals surface area contributed by atoms with Gasteiger partial charge in [0.15, 0.2) is 0 Å². The van der Waals surface area contributed by atoms with Crippen molar-refractivity contribution in [2.45, 2.75) is 18.6 Å². The minimum Gasteiger partial charge on any atom is -0.389 e. The second-order valence-corrected chi connectivity index (χ2v) is 2.31. The Morgan fingerprint density at radius 1 is 1.70 bits per heavy atom. The van der Waals surface area contributed by atoms with Gasteiger partial charge in [0.1, 0.15) is 0 Å². The molecule has 10 heavy (non-hydrogen) atoms. The van der Waals surface area contributed by atoms with Gasteiger partial charge >= 0.3 is 0 Å². The van der Waals surface area contributed by atoms with Gasteiger partial charge in [-0.15, -0.1) is 0 Å². The quantitative estimate of drug-likeness (QED) is 0.418. The molecular weight excluding hydrogens is 134 g/mol. The lowest BCUT2D eigenvalue weighted by atomic mass is 10.2. The number of rotatable bonds is 1. The van der Waals surface area contributed by atoms with Crippen molar-refractivity contribution in [3.8, 4) is 0 Å². The summed E-state index contributed by atoms with van der Waals surface area (Å²) in [6.45, 7) is 0. The molecule has 56 valence electrons. The SMILES string of the molecule is NC(=O)C1=CC(O)CC1O. The van der Waals surface area contributed by atoms with E-state index in [1.54, 1.807) is 0 Å². The highest BCUT2D eigenvalue weighted by atomic mass is 16.3. The number of carbonyl (C=O) groups excluding carboxylic acids is 1. The van der Waals surface area contributed by atoms with Crippen LogP contribution >= 0.6 is 0 Å². The van der Waals surface area contributed by atoms with Crippen molar-refractivity contribution in [2.75, 3.05) is 0 Å². The third-order valence-corrected chi connectivity index (χ3v) is 1.48. The van der Waals surface area contributed by atoms with Crippen LogP contribution in [0.3, 0.4) is 0 Å². The first-order valence-electron chi connectivity index (χ1n) is 2.99. The Hall–Kier alpha value is -0.870. The Kier molecular flexibility index (Phi) is 1.74. The molecule has 2 unspecified atom stereocenters. The van der Waals surface area contributed by atoms with Crippen molar-refractivity contribution < 1.29 is 15.0 Å². The van der Waals surface area contributed by atoms with E-state index in [-0.39, 0.29) is 12.0 Å². The average Bonchev–Trinajstić information content (AvgIpc) is 2.10. The van der Waals surface area contributed by atoms with Crippen molar-refractivity contribution in [1.82, 2.24) is 0 Å². The maximum absolute atomic E-state index is 10.4. The normalized spacial score (nSPS) is 32.0. The molecule has 0 heterocycles. The number of primary amides is 1. The molecule has 1 rings (SSSR count). The number of amides is 1. The van der Waals surface area contributed by atoms with Crippen molar-refractivity contribution in [2.24, 2.45) is 5.73 Å². The molecular formula is C6H9NO3. The van der Waals surface area contributed by atoms with Gasteiger partial charge in [0.25, 0.3) is 0 Å². The number of aliphatic hydroxyl groups excluding tert-OH is 2. The molecule has 4 nitrogen and oxygen atoms in total. The Labute approximate surface area is 58.0 Å². The molecule has 0 aromatic rings. The second kappa shape index (κ2) is 2.40. The van der Waals surface area contributed by atoms with E-state index in [0.717, 1.165) is 0 Å². The summed E-state index contributed by atoms with van der Waals surface area (Å²) < 4.78 is 0. The van der Waals surface area contributed by atoms with E-state index in [4.69, 9.17) is 15.9 Å². The maximum Gasteiger partial charge on any atom is 0.247 e. The van der Waals surface area contributed by atoms with Gasteiger partial charge in [-0.05, 0) is 6.08 Å². The highest BCUT2D eigenvalue weighted by Crippen LogP contribution is 2.18. The molecule has 1 aliphatic carbocycles. The van der Waals surface area contributed by atoms with Crippen LogP contribution in [0.25, 0.3) is 0 Å². The lowest BCUT2D eigenvalue weighted by molar-refractivity contribution is -0.115. The van der Waals surface area contributed by atoms with Crippen LogP contribution in [-0.2, 0) is 4.79 Å². The molecule has 0 aromatic carbocycles. The molecule has 0 saturated heterocycles. The average molecular weight is 143 g/mol. The number of aliphatic hydroxyl groups is 2. The fourth-order valence-corrected chi connectivity index (χ4v) is 0.988. The van der Waals surface area contributed by atoms with E-state index >= 15 is 0 Å². The van der Waals surface area contributed by atoms with Crippen molar-refractivity contribution in [3.05, 3.63) is 11.6 Å². The van der Waals surface area contributed by atoms with Gasteiger partial charge in [0.2, 0.25) is 5.91 Å². The highest BCUT2D eigenvalue weighted by Gasteiger charge is 2.25. The maximum atomic E-state index is 10.4. The minimum atomic E-state index is -0.882. The number of hydrogen-bond acceptors (Lipinski definition) is 3. The van der Waals surface area contributed by atoms with Gasteiger partial charge in [-0.3, -0.25) is 4.79 Å². The van der Waals surface area contributed by atoms with Crippen LogP contribution < -0.4 is 5.73 Å². The molecule has 0 saturated carbocycles. The van der Waals surface area contributed by atoms with Gasteiger partial charge in [-0.25, -0.2) is 0 Å². The van der Waals surface area contributed by atoms with Gasteiger partial charge in [0, 0.05) is 12.0 Å². The van der Waals surface area contributed by atoms with E-state index in [0.29, 0.717) is 0 Å². The van der Waals surface area contributed by atoms with E-state index in [1.807, 2.05) is 0 Å². The van der Waals surface area contributed by atoms with Crippen molar-refractivity contribution >= 4 is 5.91 Å². The van der Waals surface area contributed by atoms with Crippen molar-refractivity contribution in [1.29, 1.82) is 0 Å². The zero-order valence-electron chi connectivity index (χ0n) is 5.32. The standard InChI is InChI=1S/C6H9NO3/c7-6(10)4-1-3(8)2-5(4)9/h1,3,5,8-9H,2H2,(H2,7,10). The van der Waals surface area contributed by atoms with E-state index in [9.17, 15) is 4.79 Å². The molecule has 1 amide bonds. The van der Waals surface area contributed by atoms with E-state index in [2.05, 4.69) is 0 Å². The molecule has 4 heteroatoms. The van der Waals surface area contributed by atoms with Crippen LogP contribution in [0.15, 0.2) is 11.6 Å². The summed E-state index contributed by atoms with van der Waals surface area (Å²) in [6.07, 6.45) is -0.143. The minimum absolute atomic E-state index is 0.118. The van der Waals surface area contributed by atoms with Crippen molar-refractivity contribution in [3.63, 3.8) is 0 Å². The Morgan fingerprint density at radius 2 is 2.30 bits per heavy atom. The van der Waals surface area contributed by atoms with E-state index in [1.165, 1.54) is 6.08 Å². The Morgan fingerprint density at radius 3 is 2.50 bits per heavy atom. The summed E-state index contributed by atoms with van der Waals surface area (Å²) in [5, 5.41) is 17.9. The lowest BCUT2D eigenvalue weighted by Crippen LogP contribution is -2.21. The number of carbonyl (C=O) groups is 1. The molecule has 0 bridgehead atoms. The summed E-state index contributed by atoms with van der Waals surface area (Å²) in [7, 11) is 0. The van der Waals surface area contributed by atoms with Crippen LogP contribution in [0, 0.1) is 0 Å². The summed E-state index contributed by atoms with van der Waals surface area (Å²) in [6, 6.07) is 0. The van der Waals surface area contributed by atoms with E-state index < -0.39 is 18.1 Å². The molecule has 0 spiro atoms. The zero-order valence-corrected chi connectivity index (χ0v) is 5.32. The monoisotopic (exact) mass is 143 g/mol. The molecule has 0 fully saturated rings. The number of hydrogen-bond donors (Lipinski definition) is 3. The summed E-state index contributed by atoms with van der Waals surface area (Å²) in [4.78, 5) is 10.4. The topological polar surface area (TPSA) is 83.6 Å². The summed E-state index contributed by atoms with van der Waals surface area (Å²) in [5.41, 5.74) is 4.99. The molecule has 0 aromatic heterocycles. The zero-order chi connectivity index (χ0) is 7.72. The molecule has 0 aliphatic heterocycles. The first-order chi connectivity index (χ1) is 4.61. The summed E-state index contributed by atoms with van der Waals surface area (Å²) in [5.74, 6) is -0.663. The molecule has 1 aliphatic rings. The fraction of sp³-hybridized carbons (Fsp3) is 0.500. The van der Waals surface area contributed by atoms with Crippen LogP contribution in [0.2, 0.25) is 0 Å². The van der Waals surface area contributed by atoms with Gasteiger partial charge in [-0.1, -0.05) is 0 Å². The highest BCUT2D eigenvalue weighted by molar-refractivity contribution is 5.93. The van der Waals surface area contributed by atoms with Crippen LogP contribution in [-0.4, -0.2) is 28.3 Å². The molecule has 0 radical (unpaired) electrons.